The molecule has 0 aliphatic carbocycles. The second-order valence-electron chi connectivity index (χ2n) is 4.05. The first-order valence-electron chi connectivity index (χ1n) is 5.86. The van der Waals surface area contributed by atoms with Crippen molar-refractivity contribution in [2.75, 3.05) is 26.7 Å². The summed E-state index contributed by atoms with van der Waals surface area (Å²) in [7, 11) is 2.16. The second kappa shape index (κ2) is 8.07. The molecule has 16 heavy (non-hydrogen) atoms. The van der Waals surface area contributed by atoms with E-state index in [4.69, 9.17) is 11.6 Å². The molecule has 2 nitrogen and oxygen atoms in total. The molecule has 4 heteroatoms. The van der Waals surface area contributed by atoms with E-state index in [0.29, 0.717) is 0 Å². The number of nitrogens with one attached hydrogen (secondary N) is 1. The predicted octanol–water partition coefficient (Wildman–Crippen LogP) is 3.22. The highest BCUT2D eigenvalue weighted by Gasteiger charge is 2.02. The highest BCUT2D eigenvalue weighted by atomic mass is 35.5. The fourth-order valence-corrected chi connectivity index (χ4v) is 2.73. The fourth-order valence-electron chi connectivity index (χ4n) is 1.56. The summed E-state index contributed by atoms with van der Waals surface area (Å²) in [5.41, 5.74) is 0. The maximum atomic E-state index is 5.90. The smallest absolute Gasteiger partial charge is 0.0931 e. The van der Waals surface area contributed by atoms with Crippen molar-refractivity contribution in [3.8, 4) is 0 Å². The summed E-state index contributed by atoms with van der Waals surface area (Å²) in [4.78, 5) is 3.68. The van der Waals surface area contributed by atoms with Gasteiger partial charge in [0.05, 0.1) is 4.34 Å². The summed E-state index contributed by atoms with van der Waals surface area (Å²) >= 11 is 7.57. The van der Waals surface area contributed by atoms with Crippen molar-refractivity contribution in [2.45, 2.75) is 26.3 Å². The van der Waals surface area contributed by atoms with E-state index < -0.39 is 0 Å². The molecule has 1 N–H and O–H groups in total. The number of hydrogen-bond acceptors (Lipinski definition) is 3. The zero-order valence-corrected chi connectivity index (χ0v) is 11.7. The Balaban J connectivity index is 2.09. The first-order chi connectivity index (χ1) is 7.72. The van der Waals surface area contributed by atoms with Crippen LogP contribution in [-0.2, 0) is 6.54 Å². The molecular formula is C12H21ClN2S. The first kappa shape index (κ1) is 14.0. The summed E-state index contributed by atoms with van der Waals surface area (Å²) in [5.74, 6) is 0. The van der Waals surface area contributed by atoms with E-state index in [-0.39, 0.29) is 0 Å². The predicted molar refractivity (Wildman–Crippen MR) is 73.4 cm³/mol. The molecule has 1 aromatic heterocycles. The van der Waals surface area contributed by atoms with Crippen LogP contribution in [0.15, 0.2) is 12.1 Å². The molecule has 1 aromatic rings. The molecule has 0 fully saturated rings. The third-order valence-corrected chi connectivity index (χ3v) is 3.59. The Morgan fingerprint density at radius 1 is 1.38 bits per heavy atom. The van der Waals surface area contributed by atoms with Gasteiger partial charge in [-0.15, -0.1) is 11.3 Å². The number of rotatable bonds is 8. The Bertz CT molecular complexity index is 288. The van der Waals surface area contributed by atoms with Crippen molar-refractivity contribution in [1.29, 1.82) is 0 Å². The van der Waals surface area contributed by atoms with Gasteiger partial charge in [0.1, 0.15) is 0 Å². The zero-order valence-electron chi connectivity index (χ0n) is 10.1. The molecule has 0 bridgehead atoms. The molecular weight excluding hydrogens is 240 g/mol. The number of halogens is 1. The molecule has 1 heterocycles. The average molecular weight is 261 g/mol. The van der Waals surface area contributed by atoms with Crippen LogP contribution in [-0.4, -0.2) is 31.6 Å². The minimum atomic E-state index is 0.882. The number of nitrogens with zero attached hydrogens (tertiary/aromatic N) is 1. The lowest BCUT2D eigenvalue weighted by Crippen LogP contribution is -2.23. The summed E-state index contributed by atoms with van der Waals surface area (Å²) in [5, 5.41) is 3.41. The van der Waals surface area contributed by atoms with Crippen molar-refractivity contribution >= 4 is 22.9 Å². The Hall–Kier alpha value is -0.0900. The molecule has 0 radical (unpaired) electrons. The van der Waals surface area contributed by atoms with E-state index in [1.54, 1.807) is 11.3 Å². The summed E-state index contributed by atoms with van der Waals surface area (Å²) in [6, 6.07) is 4.08. The van der Waals surface area contributed by atoms with Crippen LogP contribution in [0.1, 0.15) is 24.6 Å². The number of thiophene rings is 1. The van der Waals surface area contributed by atoms with E-state index in [1.165, 1.54) is 17.7 Å². The third kappa shape index (κ3) is 5.85. The topological polar surface area (TPSA) is 15.3 Å². The molecule has 0 aromatic carbocycles. The van der Waals surface area contributed by atoms with Gasteiger partial charge in [-0.2, -0.15) is 0 Å². The lowest BCUT2D eigenvalue weighted by molar-refractivity contribution is 0.322. The van der Waals surface area contributed by atoms with Crippen LogP contribution in [0, 0.1) is 0 Å². The molecule has 1 rings (SSSR count). The quantitative estimate of drug-likeness (QED) is 0.722. The zero-order chi connectivity index (χ0) is 11.8. The van der Waals surface area contributed by atoms with Crippen molar-refractivity contribution < 1.29 is 0 Å². The van der Waals surface area contributed by atoms with Crippen LogP contribution in [0.5, 0.6) is 0 Å². The Morgan fingerprint density at radius 3 is 2.81 bits per heavy atom. The molecule has 92 valence electrons. The largest absolute Gasteiger partial charge is 0.317 e. The highest BCUT2D eigenvalue weighted by Crippen LogP contribution is 2.22. The first-order valence-corrected chi connectivity index (χ1v) is 7.05. The van der Waals surface area contributed by atoms with Crippen molar-refractivity contribution in [1.82, 2.24) is 10.2 Å². The monoisotopic (exact) mass is 260 g/mol. The van der Waals surface area contributed by atoms with Gasteiger partial charge in [0.15, 0.2) is 0 Å². The minimum Gasteiger partial charge on any atom is -0.317 e. The molecule has 0 unspecified atom stereocenters. The maximum absolute atomic E-state index is 5.90. The van der Waals surface area contributed by atoms with Crippen LogP contribution >= 0.6 is 22.9 Å². The van der Waals surface area contributed by atoms with Crippen molar-refractivity contribution in [2.24, 2.45) is 0 Å². The van der Waals surface area contributed by atoms with Gasteiger partial charge >= 0.3 is 0 Å². The van der Waals surface area contributed by atoms with E-state index in [1.807, 2.05) is 6.07 Å². The van der Waals surface area contributed by atoms with Gasteiger partial charge in [0.25, 0.3) is 0 Å². The molecule has 0 aliphatic rings. The van der Waals surface area contributed by atoms with Crippen molar-refractivity contribution in [3.63, 3.8) is 0 Å². The van der Waals surface area contributed by atoms with Gasteiger partial charge in [0.2, 0.25) is 0 Å². The average Bonchev–Trinajstić information content (AvgIpc) is 2.63. The van der Waals surface area contributed by atoms with Gasteiger partial charge in [0, 0.05) is 11.4 Å². The molecule has 0 saturated heterocycles. The summed E-state index contributed by atoms with van der Waals surface area (Å²) in [6.07, 6.45) is 2.42. The molecule has 0 spiro atoms. The van der Waals surface area contributed by atoms with Crippen LogP contribution < -0.4 is 5.32 Å². The molecule has 0 saturated carbocycles. The van der Waals surface area contributed by atoms with E-state index in [9.17, 15) is 0 Å². The van der Waals surface area contributed by atoms with Crippen LogP contribution in [0.25, 0.3) is 0 Å². The van der Waals surface area contributed by atoms with E-state index >= 15 is 0 Å². The standard InChI is InChI=1S/C12H21ClN2S/c1-3-7-14-8-4-9-15(2)10-11-5-6-12(13)16-11/h5-6,14H,3-4,7-10H2,1-2H3. The summed E-state index contributed by atoms with van der Waals surface area (Å²) < 4.78 is 0.882. The van der Waals surface area contributed by atoms with Gasteiger partial charge in [-0.1, -0.05) is 18.5 Å². The van der Waals surface area contributed by atoms with Crippen molar-refractivity contribution in [3.05, 3.63) is 21.3 Å². The van der Waals surface area contributed by atoms with Crippen LogP contribution in [0.4, 0.5) is 0 Å². The molecule has 0 aliphatic heterocycles. The van der Waals surface area contributed by atoms with Gasteiger partial charge in [-0.05, 0) is 51.7 Å². The van der Waals surface area contributed by atoms with Crippen LogP contribution in [0.2, 0.25) is 4.34 Å². The number of hydrogen-bond donors (Lipinski definition) is 1. The van der Waals surface area contributed by atoms with Gasteiger partial charge in [-0.3, -0.25) is 0 Å². The minimum absolute atomic E-state index is 0.882. The maximum Gasteiger partial charge on any atom is 0.0931 e. The summed E-state index contributed by atoms with van der Waals surface area (Å²) in [6.45, 7) is 6.57. The Morgan fingerprint density at radius 2 is 2.19 bits per heavy atom. The van der Waals surface area contributed by atoms with E-state index in [0.717, 1.165) is 30.5 Å². The SMILES string of the molecule is CCCNCCCN(C)Cc1ccc(Cl)s1. The Labute approximate surface area is 108 Å². The molecule has 0 amide bonds. The van der Waals surface area contributed by atoms with Gasteiger partial charge in [-0.25, -0.2) is 0 Å². The lowest BCUT2D eigenvalue weighted by atomic mass is 10.3. The second-order valence-corrected chi connectivity index (χ2v) is 5.85. The highest BCUT2D eigenvalue weighted by molar-refractivity contribution is 7.16. The molecule has 0 atom stereocenters. The lowest BCUT2D eigenvalue weighted by Gasteiger charge is -2.15. The van der Waals surface area contributed by atoms with Crippen LogP contribution in [0.3, 0.4) is 0 Å². The third-order valence-electron chi connectivity index (χ3n) is 2.37. The van der Waals surface area contributed by atoms with Gasteiger partial charge < -0.3 is 10.2 Å². The fraction of sp³-hybridized carbons (Fsp3) is 0.667. The Kier molecular flexibility index (Phi) is 7.05. The normalized spacial score (nSPS) is 11.2. The van der Waals surface area contributed by atoms with E-state index in [2.05, 4.69) is 30.3 Å².